The maximum Gasteiger partial charge on any atom is 0.263 e. The first kappa shape index (κ1) is 10.5. The van der Waals surface area contributed by atoms with Crippen molar-refractivity contribution in [3.8, 4) is 0 Å². The topological polar surface area (TPSA) is 63.2 Å². The normalized spacial score (nSPS) is 10.6. The summed E-state index contributed by atoms with van der Waals surface area (Å²) in [7, 11) is -3.69. The number of benzene rings is 1. The molecule has 0 heterocycles. The van der Waals surface area contributed by atoms with E-state index in [2.05, 4.69) is 6.58 Å². The summed E-state index contributed by atoms with van der Waals surface area (Å²) in [5.41, 5.74) is 0.815. The van der Waals surface area contributed by atoms with Crippen molar-refractivity contribution in [1.29, 1.82) is 0 Å². The van der Waals surface area contributed by atoms with Gasteiger partial charge in [0.25, 0.3) is 10.0 Å². The second-order valence-electron chi connectivity index (χ2n) is 2.51. The van der Waals surface area contributed by atoms with Crippen LogP contribution in [-0.2, 0) is 14.8 Å². The molecule has 0 saturated carbocycles. The number of nitrogens with one attached hydrogen (secondary N) is 1. The second-order valence-corrected chi connectivity index (χ2v) is 4.23. The molecule has 5 heteroatoms. The third kappa shape index (κ3) is 2.20. The van der Waals surface area contributed by atoms with Gasteiger partial charge in [0.05, 0.1) is 4.90 Å². The van der Waals surface area contributed by atoms with Crippen LogP contribution in [0.5, 0.6) is 0 Å². The van der Waals surface area contributed by atoms with Crippen LogP contribution in [0, 0.1) is 0 Å². The number of carbonyl (C=O) groups is 1. The average molecular weight is 211 g/mol. The summed E-state index contributed by atoms with van der Waals surface area (Å²) in [6, 6.07) is 6.02. The van der Waals surface area contributed by atoms with E-state index in [0.29, 0.717) is 0 Å². The molecule has 4 nitrogen and oxygen atoms in total. The zero-order chi connectivity index (χ0) is 10.6. The number of carbonyl (C=O) groups excluding carboxylic acids is 1. The fourth-order valence-corrected chi connectivity index (χ4v) is 1.67. The van der Waals surface area contributed by atoms with Gasteiger partial charge < -0.3 is 0 Å². The molecule has 0 fully saturated rings. The van der Waals surface area contributed by atoms with Crippen molar-refractivity contribution >= 4 is 22.5 Å². The number of hydrogen-bond donors (Lipinski definition) is 1. The Kier molecular flexibility index (Phi) is 3.03. The number of amides is 1. The Morgan fingerprint density at radius 3 is 2.21 bits per heavy atom. The lowest BCUT2D eigenvalue weighted by atomic mass is 10.2. The first-order valence-electron chi connectivity index (χ1n) is 3.78. The van der Waals surface area contributed by atoms with E-state index in [1.165, 1.54) is 12.1 Å². The van der Waals surface area contributed by atoms with Gasteiger partial charge in [-0.15, -0.1) is 0 Å². The summed E-state index contributed by atoms with van der Waals surface area (Å²) in [5, 5.41) is 0. The van der Waals surface area contributed by atoms with Gasteiger partial charge in [-0.3, -0.25) is 9.52 Å². The minimum atomic E-state index is -3.69. The molecule has 0 aliphatic heterocycles. The SMILES string of the molecule is C=Cc1ccc(S(=O)(=O)NC=O)cc1. The lowest BCUT2D eigenvalue weighted by molar-refractivity contribution is -0.108. The van der Waals surface area contributed by atoms with Crippen LogP contribution >= 0.6 is 0 Å². The van der Waals surface area contributed by atoms with E-state index in [-0.39, 0.29) is 11.3 Å². The molecule has 1 aromatic carbocycles. The van der Waals surface area contributed by atoms with Crippen LogP contribution in [0.1, 0.15) is 5.56 Å². The van der Waals surface area contributed by atoms with Gasteiger partial charge in [0.1, 0.15) is 0 Å². The van der Waals surface area contributed by atoms with Gasteiger partial charge in [-0.2, -0.15) is 0 Å². The Bertz CT molecular complexity index is 434. The average Bonchev–Trinajstić information content (AvgIpc) is 2.18. The highest BCUT2D eigenvalue weighted by Crippen LogP contribution is 2.10. The van der Waals surface area contributed by atoms with Gasteiger partial charge in [-0.1, -0.05) is 24.8 Å². The first-order chi connectivity index (χ1) is 6.60. The van der Waals surface area contributed by atoms with Gasteiger partial charge >= 0.3 is 0 Å². The summed E-state index contributed by atoms with van der Waals surface area (Å²) in [5.74, 6) is 0. The highest BCUT2D eigenvalue weighted by atomic mass is 32.2. The lowest BCUT2D eigenvalue weighted by Gasteiger charge is -2.01. The van der Waals surface area contributed by atoms with Crippen LogP contribution in [0.2, 0.25) is 0 Å². The summed E-state index contributed by atoms with van der Waals surface area (Å²) < 4.78 is 24.3. The highest BCUT2D eigenvalue weighted by molar-refractivity contribution is 7.90. The molecule has 0 saturated heterocycles. The van der Waals surface area contributed by atoms with E-state index >= 15 is 0 Å². The molecule has 0 atom stereocenters. The smallest absolute Gasteiger partial charge is 0.263 e. The predicted octanol–water partition coefficient (Wildman–Crippen LogP) is 0.764. The van der Waals surface area contributed by atoms with Crippen LogP contribution in [-0.4, -0.2) is 14.8 Å². The van der Waals surface area contributed by atoms with Gasteiger partial charge in [-0.05, 0) is 17.7 Å². The summed E-state index contributed by atoms with van der Waals surface area (Å²) in [6.45, 7) is 3.54. The van der Waals surface area contributed by atoms with E-state index in [4.69, 9.17) is 0 Å². The maximum atomic E-state index is 11.3. The zero-order valence-corrected chi connectivity index (χ0v) is 8.12. The standard InChI is InChI=1S/C9H9NO3S/c1-2-8-3-5-9(6-4-8)14(12,13)10-7-11/h2-7H,1H2,(H,10,11). The molecular weight excluding hydrogens is 202 g/mol. The van der Waals surface area contributed by atoms with Crippen molar-refractivity contribution < 1.29 is 13.2 Å². The van der Waals surface area contributed by atoms with E-state index < -0.39 is 10.0 Å². The fraction of sp³-hybridized carbons (Fsp3) is 0. The van der Waals surface area contributed by atoms with Crippen molar-refractivity contribution in [2.75, 3.05) is 0 Å². The van der Waals surface area contributed by atoms with Crippen molar-refractivity contribution in [2.45, 2.75) is 4.90 Å². The first-order valence-corrected chi connectivity index (χ1v) is 5.27. The van der Waals surface area contributed by atoms with Crippen LogP contribution in [0.4, 0.5) is 0 Å². The Morgan fingerprint density at radius 1 is 1.21 bits per heavy atom. The minimum Gasteiger partial charge on any atom is -0.278 e. The number of sulfonamides is 1. The van der Waals surface area contributed by atoms with E-state index in [0.717, 1.165) is 5.56 Å². The predicted molar refractivity (Wildman–Crippen MR) is 52.9 cm³/mol. The summed E-state index contributed by atoms with van der Waals surface area (Å²) in [6.07, 6.45) is 1.74. The number of hydrogen-bond acceptors (Lipinski definition) is 3. The molecule has 74 valence electrons. The maximum absolute atomic E-state index is 11.3. The third-order valence-electron chi connectivity index (χ3n) is 1.63. The monoisotopic (exact) mass is 211 g/mol. The van der Waals surface area contributed by atoms with Gasteiger partial charge in [0.15, 0.2) is 0 Å². The lowest BCUT2D eigenvalue weighted by Crippen LogP contribution is -2.21. The molecule has 0 bridgehead atoms. The van der Waals surface area contributed by atoms with Crippen molar-refractivity contribution in [1.82, 2.24) is 4.72 Å². The van der Waals surface area contributed by atoms with E-state index in [1.807, 2.05) is 0 Å². The Labute approximate surface area is 82.3 Å². The fourth-order valence-electron chi connectivity index (χ4n) is 0.914. The molecule has 14 heavy (non-hydrogen) atoms. The molecule has 0 aliphatic rings. The van der Waals surface area contributed by atoms with E-state index in [1.54, 1.807) is 22.9 Å². The number of rotatable bonds is 4. The van der Waals surface area contributed by atoms with Crippen molar-refractivity contribution in [2.24, 2.45) is 0 Å². The van der Waals surface area contributed by atoms with Gasteiger partial charge in [0, 0.05) is 0 Å². The Balaban J connectivity index is 3.09. The van der Waals surface area contributed by atoms with Crippen LogP contribution < -0.4 is 4.72 Å². The van der Waals surface area contributed by atoms with E-state index in [9.17, 15) is 13.2 Å². The quantitative estimate of drug-likeness (QED) is 0.748. The molecule has 0 radical (unpaired) electrons. The Hall–Kier alpha value is -1.62. The van der Waals surface area contributed by atoms with Crippen molar-refractivity contribution in [3.63, 3.8) is 0 Å². The van der Waals surface area contributed by atoms with Crippen molar-refractivity contribution in [3.05, 3.63) is 36.4 Å². The third-order valence-corrected chi connectivity index (χ3v) is 2.93. The van der Waals surface area contributed by atoms with Gasteiger partial charge in [-0.25, -0.2) is 8.42 Å². The molecule has 1 rings (SSSR count). The molecule has 0 unspecified atom stereocenters. The highest BCUT2D eigenvalue weighted by Gasteiger charge is 2.11. The molecule has 1 aromatic rings. The Morgan fingerprint density at radius 2 is 1.79 bits per heavy atom. The van der Waals surface area contributed by atoms with Crippen LogP contribution in [0.25, 0.3) is 6.08 Å². The zero-order valence-electron chi connectivity index (χ0n) is 7.30. The molecular formula is C9H9NO3S. The molecule has 1 N–H and O–H groups in total. The second kappa shape index (κ2) is 4.06. The summed E-state index contributed by atoms with van der Waals surface area (Å²) in [4.78, 5) is 10.1. The minimum absolute atomic E-state index is 0.0511. The molecule has 0 aromatic heterocycles. The largest absolute Gasteiger partial charge is 0.278 e. The molecule has 0 aliphatic carbocycles. The van der Waals surface area contributed by atoms with Crippen LogP contribution in [0.3, 0.4) is 0 Å². The summed E-state index contributed by atoms with van der Waals surface area (Å²) >= 11 is 0. The van der Waals surface area contributed by atoms with Crippen LogP contribution in [0.15, 0.2) is 35.7 Å². The molecule has 0 spiro atoms. The van der Waals surface area contributed by atoms with Gasteiger partial charge in [0.2, 0.25) is 6.41 Å². The molecule has 1 amide bonds.